The Morgan fingerprint density at radius 3 is 2.63 bits per heavy atom. The number of carbonyl (C=O) groups excluding carboxylic acids is 1. The molecule has 0 radical (unpaired) electrons. The highest BCUT2D eigenvalue weighted by molar-refractivity contribution is 5.78. The van der Waals surface area contributed by atoms with Crippen molar-refractivity contribution in [3.8, 4) is 23.2 Å². The van der Waals surface area contributed by atoms with Gasteiger partial charge < -0.3 is 23.5 Å². The van der Waals surface area contributed by atoms with Crippen LogP contribution in [0.2, 0.25) is 0 Å². The first kappa shape index (κ1) is 26.9. The molecular weight excluding hydrogens is 518 g/mol. The third-order valence-electron chi connectivity index (χ3n) is 7.37. The molecule has 0 bridgehead atoms. The highest BCUT2D eigenvalue weighted by atomic mass is 16.7. The maximum absolute atomic E-state index is 11.8. The van der Waals surface area contributed by atoms with E-state index in [1.807, 2.05) is 65.1 Å². The molecule has 0 aliphatic carbocycles. The number of amides is 1. The van der Waals surface area contributed by atoms with Crippen molar-refractivity contribution in [1.82, 2.24) is 24.6 Å². The maximum Gasteiger partial charge on any atom is 0.222 e. The van der Waals surface area contributed by atoms with Gasteiger partial charge in [0.2, 0.25) is 5.91 Å². The van der Waals surface area contributed by atoms with Gasteiger partial charge in [-0.25, -0.2) is 4.98 Å². The molecule has 41 heavy (non-hydrogen) atoms. The zero-order chi connectivity index (χ0) is 28.0. The Bertz CT molecular complexity index is 1520. The van der Waals surface area contributed by atoms with E-state index in [4.69, 9.17) is 14.0 Å². The van der Waals surface area contributed by atoms with Gasteiger partial charge >= 0.3 is 0 Å². The van der Waals surface area contributed by atoms with Gasteiger partial charge in [-0.15, -0.1) is 0 Å². The summed E-state index contributed by atoms with van der Waals surface area (Å²) in [6.45, 7) is 4.65. The summed E-state index contributed by atoms with van der Waals surface area (Å²) < 4.78 is 19.5. The average Bonchev–Trinajstić information content (AvgIpc) is 3.76. The Morgan fingerprint density at radius 2 is 1.88 bits per heavy atom. The number of imidazole rings is 1. The van der Waals surface area contributed by atoms with Crippen molar-refractivity contribution < 1.29 is 18.8 Å². The van der Waals surface area contributed by atoms with E-state index < -0.39 is 0 Å². The van der Waals surface area contributed by atoms with Crippen LogP contribution in [-0.4, -0.2) is 49.9 Å². The van der Waals surface area contributed by atoms with Crippen molar-refractivity contribution in [2.75, 3.05) is 13.2 Å². The summed E-state index contributed by atoms with van der Waals surface area (Å²) in [5.41, 5.74) is 4.32. The van der Waals surface area contributed by atoms with Crippen molar-refractivity contribution in [3.63, 3.8) is 0 Å². The first-order chi connectivity index (χ1) is 20.1. The van der Waals surface area contributed by atoms with Crippen LogP contribution in [0.25, 0.3) is 11.3 Å². The molecule has 0 saturated carbocycles. The van der Waals surface area contributed by atoms with Gasteiger partial charge in [0, 0.05) is 60.9 Å². The predicted octanol–water partition coefficient (Wildman–Crippen LogP) is 5.11. The molecule has 9 nitrogen and oxygen atoms in total. The largest absolute Gasteiger partial charge is 0.356 e. The molecule has 0 spiro atoms. The summed E-state index contributed by atoms with van der Waals surface area (Å²) in [6, 6.07) is 13.7. The normalized spacial score (nSPS) is 17.8. The fourth-order valence-corrected chi connectivity index (χ4v) is 5.14. The molecule has 6 rings (SSSR count). The topological polar surface area (TPSA) is 95.5 Å². The quantitative estimate of drug-likeness (QED) is 0.281. The number of hydrogen-bond donors (Lipinski definition) is 0. The molecule has 2 saturated heterocycles. The number of carbonyl (C=O) groups is 1. The molecule has 4 aromatic rings. The SMILES string of the molecule is C[C@H](OC1CCCCO1)c1nccn1Cc1cc(-c2ccc(C#Cc3ccc(CN4CCCC4=O)nc3)cc2)on1. The molecule has 2 aliphatic heterocycles. The first-order valence-electron chi connectivity index (χ1n) is 14.2. The number of likely N-dealkylation sites (tertiary alicyclic amines) is 1. The second-order valence-corrected chi connectivity index (χ2v) is 10.5. The van der Waals surface area contributed by atoms with Crippen LogP contribution < -0.4 is 0 Å². The van der Waals surface area contributed by atoms with E-state index in [1.165, 1.54) is 0 Å². The zero-order valence-corrected chi connectivity index (χ0v) is 23.2. The minimum Gasteiger partial charge on any atom is -0.356 e. The number of ether oxygens (including phenoxy) is 2. The third kappa shape index (κ3) is 6.73. The number of benzene rings is 1. The minimum absolute atomic E-state index is 0.176. The molecule has 3 aromatic heterocycles. The molecule has 0 N–H and O–H groups in total. The number of rotatable bonds is 8. The van der Waals surface area contributed by atoms with Crippen LogP contribution in [0, 0.1) is 11.8 Å². The Hall–Kier alpha value is -4.26. The fourth-order valence-electron chi connectivity index (χ4n) is 5.14. The Kier molecular flexibility index (Phi) is 8.21. The van der Waals surface area contributed by atoms with E-state index in [9.17, 15) is 4.79 Å². The van der Waals surface area contributed by atoms with Crippen molar-refractivity contribution in [2.24, 2.45) is 0 Å². The lowest BCUT2D eigenvalue weighted by atomic mass is 10.1. The summed E-state index contributed by atoms with van der Waals surface area (Å²) >= 11 is 0. The Balaban J connectivity index is 1.05. The van der Waals surface area contributed by atoms with Crippen molar-refractivity contribution in [2.45, 2.75) is 64.5 Å². The second kappa shape index (κ2) is 12.5. The Labute approximate surface area is 239 Å². The van der Waals surface area contributed by atoms with Crippen LogP contribution in [0.3, 0.4) is 0 Å². The first-order valence-corrected chi connectivity index (χ1v) is 14.2. The second-order valence-electron chi connectivity index (χ2n) is 10.5. The molecule has 5 heterocycles. The van der Waals surface area contributed by atoms with Crippen LogP contribution in [0.5, 0.6) is 0 Å². The third-order valence-corrected chi connectivity index (χ3v) is 7.37. The van der Waals surface area contributed by atoms with E-state index >= 15 is 0 Å². The van der Waals surface area contributed by atoms with E-state index in [0.717, 1.165) is 72.7 Å². The molecule has 2 fully saturated rings. The molecule has 210 valence electrons. The summed E-state index contributed by atoms with van der Waals surface area (Å²) in [5.74, 6) is 8.08. The van der Waals surface area contributed by atoms with Gasteiger partial charge in [0.05, 0.1) is 18.8 Å². The van der Waals surface area contributed by atoms with Crippen molar-refractivity contribution in [3.05, 3.63) is 89.4 Å². The van der Waals surface area contributed by atoms with Crippen molar-refractivity contribution >= 4 is 5.91 Å². The molecule has 1 aromatic carbocycles. The monoisotopic (exact) mass is 551 g/mol. The zero-order valence-electron chi connectivity index (χ0n) is 23.2. The lowest BCUT2D eigenvalue weighted by Crippen LogP contribution is -2.24. The van der Waals surface area contributed by atoms with E-state index in [1.54, 1.807) is 12.4 Å². The fraction of sp³-hybridized carbons (Fsp3) is 0.375. The lowest BCUT2D eigenvalue weighted by Gasteiger charge is -2.26. The predicted molar refractivity (Wildman–Crippen MR) is 151 cm³/mol. The van der Waals surface area contributed by atoms with Gasteiger partial charge in [-0.1, -0.05) is 17.0 Å². The van der Waals surface area contributed by atoms with Gasteiger partial charge in [0.25, 0.3) is 0 Å². The van der Waals surface area contributed by atoms with E-state index in [2.05, 4.69) is 27.0 Å². The van der Waals surface area contributed by atoms with Crippen LogP contribution in [0.15, 0.2) is 65.6 Å². The number of pyridine rings is 1. The average molecular weight is 552 g/mol. The maximum atomic E-state index is 11.8. The van der Waals surface area contributed by atoms with Crippen LogP contribution in [0.4, 0.5) is 0 Å². The summed E-state index contributed by atoms with van der Waals surface area (Å²) in [5, 5.41) is 4.28. The molecule has 2 aliphatic rings. The van der Waals surface area contributed by atoms with E-state index in [-0.39, 0.29) is 18.3 Å². The minimum atomic E-state index is -0.192. The highest BCUT2D eigenvalue weighted by Crippen LogP contribution is 2.25. The van der Waals surface area contributed by atoms with Crippen LogP contribution in [0.1, 0.15) is 73.5 Å². The molecule has 9 heteroatoms. The number of nitrogens with zero attached hydrogens (tertiary/aromatic N) is 5. The Morgan fingerprint density at radius 1 is 1.02 bits per heavy atom. The highest BCUT2D eigenvalue weighted by Gasteiger charge is 2.22. The standard InChI is InChI=1S/C32H33N5O4/c1-23(40-31-6-2-3-18-39-31)32-33-15-17-37(32)22-28-19-29(41-35-28)26-12-9-24(10-13-26)7-8-25-11-14-27(34-20-25)21-36-16-4-5-30(36)38/h9-15,17,19-20,23,31H,2-6,16,18,21-22H2,1H3/t23-,31?/m0/s1. The number of aromatic nitrogens is 4. The molecule has 2 atom stereocenters. The number of hydrogen-bond acceptors (Lipinski definition) is 7. The summed E-state index contributed by atoms with van der Waals surface area (Å²) in [6.07, 6.45) is 9.78. The van der Waals surface area contributed by atoms with Gasteiger partial charge in [0.1, 0.15) is 17.6 Å². The summed E-state index contributed by atoms with van der Waals surface area (Å²) in [7, 11) is 0. The van der Waals surface area contributed by atoms with Crippen molar-refractivity contribution in [1.29, 1.82) is 0 Å². The van der Waals surface area contributed by atoms with Crippen LogP contribution >= 0.6 is 0 Å². The summed E-state index contributed by atoms with van der Waals surface area (Å²) in [4.78, 5) is 22.7. The van der Waals surface area contributed by atoms with E-state index in [0.29, 0.717) is 25.3 Å². The smallest absolute Gasteiger partial charge is 0.222 e. The van der Waals surface area contributed by atoms with Gasteiger partial charge in [-0.3, -0.25) is 9.78 Å². The van der Waals surface area contributed by atoms with Gasteiger partial charge in [-0.2, -0.15) is 0 Å². The van der Waals surface area contributed by atoms with Gasteiger partial charge in [-0.05, 0) is 69.0 Å². The molecule has 1 unspecified atom stereocenters. The molecule has 1 amide bonds. The lowest BCUT2D eigenvalue weighted by molar-refractivity contribution is -0.188. The molecular formula is C32H33N5O4. The van der Waals surface area contributed by atoms with Gasteiger partial charge in [0.15, 0.2) is 12.1 Å². The van der Waals surface area contributed by atoms with Crippen LogP contribution in [-0.2, 0) is 27.4 Å².